The molecule has 0 spiro atoms. The third-order valence-electron chi connectivity index (χ3n) is 5.64. The summed E-state index contributed by atoms with van der Waals surface area (Å²) in [5, 5.41) is 8.90. The Morgan fingerprint density at radius 3 is 2.46 bits per heavy atom. The predicted molar refractivity (Wildman–Crippen MR) is 148 cm³/mol. The van der Waals surface area contributed by atoms with Gasteiger partial charge in [0.05, 0.1) is 17.1 Å². The third-order valence-corrected chi connectivity index (χ3v) is 6.16. The molecule has 1 aliphatic rings. The van der Waals surface area contributed by atoms with Crippen molar-refractivity contribution in [1.82, 2.24) is 20.1 Å². The van der Waals surface area contributed by atoms with E-state index < -0.39 is 0 Å². The first-order chi connectivity index (χ1) is 17.9. The van der Waals surface area contributed by atoms with Crippen molar-refractivity contribution in [3.63, 3.8) is 0 Å². The first-order valence-corrected chi connectivity index (χ1v) is 12.5. The zero-order chi connectivity index (χ0) is 26.2. The summed E-state index contributed by atoms with van der Waals surface area (Å²) in [6.07, 6.45) is 1.77. The smallest absolute Gasteiger partial charge is 0.323 e. The minimum atomic E-state index is -0.229. The zero-order valence-electron chi connectivity index (χ0n) is 20.2. The second-order valence-electron chi connectivity index (χ2n) is 8.51. The summed E-state index contributed by atoms with van der Waals surface area (Å²) < 4.78 is 5.91. The molecule has 1 aromatic heterocycles. The van der Waals surface area contributed by atoms with E-state index in [1.165, 1.54) is 0 Å². The number of anilines is 2. The first-order valence-electron chi connectivity index (χ1n) is 11.7. The van der Waals surface area contributed by atoms with Gasteiger partial charge in [-0.15, -0.1) is 0 Å². The highest BCUT2D eigenvalue weighted by Crippen LogP contribution is 2.30. The summed E-state index contributed by atoms with van der Waals surface area (Å²) in [4.78, 5) is 32.9. The molecule has 3 N–H and O–H groups in total. The van der Waals surface area contributed by atoms with Crippen LogP contribution in [0.15, 0.2) is 66.9 Å². The van der Waals surface area contributed by atoms with Crippen LogP contribution in [0.25, 0.3) is 0 Å². The van der Waals surface area contributed by atoms with Crippen LogP contribution in [0.4, 0.5) is 16.3 Å². The van der Waals surface area contributed by atoms with E-state index in [0.29, 0.717) is 41.1 Å². The summed E-state index contributed by atoms with van der Waals surface area (Å²) >= 11 is 11.7. The van der Waals surface area contributed by atoms with Gasteiger partial charge in [0.25, 0.3) is 0 Å². The van der Waals surface area contributed by atoms with Crippen molar-refractivity contribution >= 4 is 52.4 Å². The number of hydrogen-bond acceptors (Lipinski definition) is 6. The van der Waals surface area contributed by atoms with Crippen molar-refractivity contribution in [2.24, 2.45) is 0 Å². The maximum Gasteiger partial charge on any atom is 0.323 e. The van der Waals surface area contributed by atoms with Gasteiger partial charge in [0.1, 0.15) is 17.3 Å². The standard InChI is InChI=1S/C26H27ClN6O3S/c1-32-11-13-33(14-12-32)26(35)30-23-17-20(9-10-28-23)36-19-7-8-22(21(27)16-19)29-25(37)31-24(34)15-18-5-3-2-4-6-18/h2-10,16-17H,11-15H2,1H3,(H,28,30,35)(H2,29,31,34,37). The van der Waals surface area contributed by atoms with Gasteiger partial charge in [-0.05, 0) is 43.0 Å². The summed E-state index contributed by atoms with van der Waals surface area (Å²) in [5.41, 5.74) is 1.41. The molecular weight excluding hydrogens is 512 g/mol. The quantitative estimate of drug-likeness (QED) is 0.401. The third kappa shape index (κ3) is 7.88. The molecule has 1 saturated heterocycles. The van der Waals surface area contributed by atoms with Crippen LogP contribution in [0, 0.1) is 0 Å². The zero-order valence-corrected chi connectivity index (χ0v) is 21.8. The fraction of sp³-hybridized carbons (Fsp3) is 0.231. The van der Waals surface area contributed by atoms with Gasteiger partial charge in [-0.2, -0.15) is 0 Å². The second-order valence-corrected chi connectivity index (χ2v) is 9.32. The number of piperazine rings is 1. The number of carbonyl (C=O) groups is 2. The number of ether oxygens (including phenoxy) is 1. The minimum absolute atomic E-state index is 0.145. The van der Waals surface area contributed by atoms with Gasteiger partial charge in [0.15, 0.2) is 5.11 Å². The van der Waals surface area contributed by atoms with E-state index in [2.05, 4.69) is 25.8 Å². The van der Waals surface area contributed by atoms with Crippen molar-refractivity contribution in [3.05, 3.63) is 77.4 Å². The number of urea groups is 1. The molecule has 3 amide bonds. The molecule has 192 valence electrons. The molecule has 1 aliphatic heterocycles. The van der Waals surface area contributed by atoms with Crippen LogP contribution in [0.2, 0.25) is 5.02 Å². The second kappa shape index (κ2) is 12.5. The van der Waals surface area contributed by atoms with Crippen LogP contribution < -0.4 is 20.7 Å². The molecule has 0 aliphatic carbocycles. The average Bonchev–Trinajstić information content (AvgIpc) is 2.87. The van der Waals surface area contributed by atoms with Crippen LogP contribution in [-0.2, 0) is 11.2 Å². The number of halogens is 1. The number of nitrogens with zero attached hydrogens (tertiary/aromatic N) is 3. The number of hydrogen-bond donors (Lipinski definition) is 3. The summed E-state index contributed by atoms with van der Waals surface area (Å²) in [6, 6.07) is 17.6. The number of amides is 3. The van der Waals surface area contributed by atoms with E-state index >= 15 is 0 Å². The molecule has 0 atom stereocenters. The molecule has 37 heavy (non-hydrogen) atoms. The van der Waals surface area contributed by atoms with Crippen LogP contribution >= 0.6 is 23.8 Å². The molecule has 0 radical (unpaired) electrons. The molecule has 1 fully saturated rings. The number of carbonyl (C=O) groups excluding carboxylic acids is 2. The number of pyridine rings is 1. The van der Waals surface area contributed by atoms with Gasteiger partial charge in [0.2, 0.25) is 5.91 Å². The van der Waals surface area contributed by atoms with Gasteiger partial charge in [0, 0.05) is 44.5 Å². The summed E-state index contributed by atoms with van der Waals surface area (Å²) in [5.74, 6) is 1.14. The van der Waals surface area contributed by atoms with Crippen molar-refractivity contribution in [1.29, 1.82) is 0 Å². The fourth-order valence-corrected chi connectivity index (χ4v) is 4.09. The molecule has 4 rings (SSSR count). The molecule has 3 aromatic rings. The lowest BCUT2D eigenvalue weighted by molar-refractivity contribution is -0.119. The highest BCUT2D eigenvalue weighted by Gasteiger charge is 2.19. The molecule has 2 heterocycles. The van der Waals surface area contributed by atoms with Crippen molar-refractivity contribution in [2.45, 2.75) is 6.42 Å². The van der Waals surface area contributed by atoms with E-state index in [1.807, 2.05) is 37.4 Å². The predicted octanol–water partition coefficient (Wildman–Crippen LogP) is 4.36. The van der Waals surface area contributed by atoms with E-state index in [0.717, 1.165) is 18.7 Å². The Bertz CT molecular complexity index is 1270. The van der Waals surface area contributed by atoms with E-state index in [1.54, 1.807) is 41.4 Å². The Balaban J connectivity index is 1.31. The molecule has 11 heteroatoms. The topological polar surface area (TPSA) is 98.8 Å². The normalized spacial score (nSPS) is 13.5. The molecule has 0 unspecified atom stereocenters. The Labute approximate surface area is 225 Å². The van der Waals surface area contributed by atoms with E-state index in [9.17, 15) is 9.59 Å². The lowest BCUT2D eigenvalue weighted by atomic mass is 10.1. The van der Waals surface area contributed by atoms with Crippen molar-refractivity contribution in [3.8, 4) is 11.5 Å². The highest BCUT2D eigenvalue weighted by atomic mass is 35.5. The minimum Gasteiger partial charge on any atom is -0.457 e. The van der Waals surface area contributed by atoms with Crippen molar-refractivity contribution < 1.29 is 14.3 Å². The largest absolute Gasteiger partial charge is 0.457 e. The Morgan fingerprint density at radius 1 is 1.00 bits per heavy atom. The van der Waals surface area contributed by atoms with Crippen LogP contribution in [0.3, 0.4) is 0 Å². The van der Waals surface area contributed by atoms with Crippen LogP contribution in [0.5, 0.6) is 11.5 Å². The Hall–Kier alpha value is -3.73. The van der Waals surface area contributed by atoms with Crippen LogP contribution in [-0.4, -0.2) is 65.1 Å². The number of benzene rings is 2. The van der Waals surface area contributed by atoms with Gasteiger partial charge in [-0.3, -0.25) is 10.1 Å². The molecule has 0 saturated carbocycles. The summed E-state index contributed by atoms with van der Waals surface area (Å²) in [7, 11) is 2.03. The maximum atomic E-state index is 12.5. The SMILES string of the molecule is CN1CCN(C(=O)Nc2cc(Oc3ccc(NC(=S)NC(=O)Cc4ccccc4)c(Cl)c3)ccn2)CC1. The lowest BCUT2D eigenvalue weighted by Crippen LogP contribution is -2.48. The first kappa shape index (κ1) is 26.3. The fourth-order valence-electron chi connectivity index (χ4n) is 3.64. The highest BCUT2D eigenvalue weighted by molar-refractivity contribution is 7.80. The van der Waals surface area contributed by atoms with Crippen molar-refractivity contribution in [2.75, 3.05) is 43.9 Å². The molecule has 9 nitrogen and oxygen atoms in total. The number of likely N-dealkylation sites (N-methyl/N-ethyl adjacent to an activating group) is 1. The maximum absolute atomic E-state index is 12.5. The van der Waals surface area contributed by atoms with Crippen LogP contribution in [0.1, 0.15) is 5.56 Å². The van der Waals surface area contributed by atoms with E-state index in [4.69, 9.17) is 28.6 Å². The molecule has 0 bridgehead atoms. The van der Waals surface area contributed by atoms with E-state index in [-0.39, 0.29) is 23.5 Å². The lowest BCUT2D eigenvalue weighted by Gasteiger charge is -2.32. The summed E-state index contributed by atoms with van der Waals surface area (Å²) in [6.45, 7) is 3.00. The van der Waals surface area contributed by atoms with Gasteiger partial charge < -0.3 is 25.2 Å². The molecule has 2 aromatic carbocycles. The number of thiocarbonyl (C=S) groups is 1. The monoisotopic (exact) mass is 538 g/mol. The van der Waals surface area contributed by atoms with Gasteiger partial charge >= 0.3 is 6.03 Å². The number of rotatable bonds is 6. The van der Waals surface area contributed by atoms with Gasteiger partial charge in [-0.25, -0.2) is 9.78 Å². The van der Waals surface area contributed by atoms with Gasteiger partial charge in [-0.1, -0.05) is 41.9 Å². The Kier molecular flexibility index (Phi) is 8.89. The average molecular weight is 539 g/mol. The number of nitrogens with one attached hydrogen (secondary N) is 3. The molecular formula is C26H27ClN6O3S. The Morgan fingerprint density at radius 2 is 1.73 bits per heavy atom. The number of aromatic nitrogens is 1.